The van der Waals surface area contributed by atoms with E-state index in [1.165, 1.54) is 18.5 Å². The van der Waals surface area contributed by atoms with E-state index in [-0.39, 0.29) is 5.82 Å². The monoisotopic (exact) mass is 200 g/mol. The summed E-state index contributed by atoms with van der Waals surface area (Å²) in [7, 11) is 0. The van der Waals surface area contributed by atoms with Crippen molar-refractivity contribution in [3.05, 3.63) is 59.9 Å². The molecule has 0 aliphatic rings. The maximum absolute atomic E-state index is 12.6. The lowest BCUT2D eigenvalue weighted by Crippen LogP contribution is -1.80. The summed E-state index contributed by atoms with van der Waals surface area (Å²) >= 11 is 0. The van der Waals surface area contributed by atoms with Gasteiger partial charge in [0.1, 0.15) is 12.1 Å². The molecule has 2 rings (SSSR count). The van der Waals surface area contributed by atoms with Crippen molar-refractivity contribution in [2.75, 3.05) is 0 Å². The van der Waals surface area contributed by atoms with E-state index >= 15 is 0 Å². The Morgan fingerprint density at radius 2 is 1.80 bits per heavy atom. The summed E-state index contributed by atoms with van der Waals surface area (Å²) < 4.78 is 12.6. The number of benzene rings is 1. The first-order chi connectivity index (χ1) is 7.34. The molecule has 1 heterocycles. The van der Waals surface area contributed by atoms with E-state index in [0.29, 0.717) is 0 Å². The van der Waals surface area contributed by atoms with Crippen LogP contribution in [0, 0.1) is 5.82 Å². The Kier molecular flexibility index (Phi) is 2.83. The lowest BCUT2D eigenvalue weighted by Gasteiger charge is -1.93. The van der Waals surface area contributed by atoms with Crippen molar-refractivity contribution in [2.45, 2.75) is 0 Å². The van der Waals surface area contributed by atoms with Gasteiger partial charge in [-0.3, -0.25) is 0 Å². The van der Waals surface area contributed by atoms with Gasteiger partial charge in [-0.25, -0.2) is 14.4 Å². The minimum atomic E-state index is -0.228. The molecule has 0 fully saturated rings. The van der Waals surface area contributed by atoms with E-state index in [4.69, 9.17) is 0 Å². The molecule has 0 amide bonds. The van der Waals surface area contributed by atoms with Gasteiger partial charge in [-0.2, -0.15) is 0 Å². The van der Waals surface area contributed by atoms with Crippen molar-refractivity contribution >= 4 is 12.2 Å². The molecular formula is C12H9FN2. The van der Waals surface area contributed by atoms with Crippen molar-refractivity contribution in [1.82, 2.24) is 9.97 Å². The predicted molar refractivity (Wildman–Crippen MR) is 57.4 cm³/mol. The summed E-state index contributed by atoms with van der Waals surface area (Å²) in [5, 5.41) is 0. The summed E-state index contributed by atoms with van der Waals surface area (Å²) in [6, 6.07) is 8.10. The van der Waals surface area contributed by atoms with Crippen LogP contribution in [0.5, 0.6) is 0 Å². The van der Waals surface area contributed by atoms with Crippen LogP contribution in [-0.4, -0.2) is 9.97 Å². The van der Waals surface area contributed by atoms with Crippen LogP contribution in [0.2, 0.25) is 0 Å². The first kappa shape index (κ1) is 9.52. The summed E-state index contributed by atoms with van der Waals surface area (Å²) in [5.41, 5.74) is 1.77. The second-order valence-corrected chi connectivity index (χ2v) is 3.02. The largest absolute Gasteiger partial charge is 0.245 e. The Bertz CT molecular complexity index is 449. The zero-order valence-corrected chi connectivity index (χ0v) is 7.97. The van der Waals surface area contributed by atoms with E-state index in [1.54, 1.807) is 24.4 Å². The molecule has 1 aromatic carbocycles. The fourth-order valence-electron chi connectivity index (χ4n) is 1.16. The molecule has 1 aromatic heterocycles. The molecule has 2 nitrogen and oxygen atoms in total. The Labute approximate surface area is 87.1 Å². The lowest BCUT2D eigenvalue weighted by molar-refractivity contribution is 0.628. The summed E-state index contributed by atoms with van der Waals surface area (Å²) in [5.74, 6) is -0.228. The first-order valence-corrected chi connectivity index (χ1v) is 4.54. The van der Waals surface area contributed by atoms with Gasteiger partial charge in [-0.05, 0) is 29.8 Å². The molecule has 0 radical (unpaired) electrons. The van der Waals surface area contributed by atoms with Gasteiger partial charge in [0.15, 0.2) is 0 Å². The molecule has 0 bridgehead atoms. The molecule has 0 saturated heterocycles. The Morgan fingerprint density at radius 3 is 2.47 bits per heavy atom. The highest BCUT2D eigenvalue weighted by molar-refractivity contribution is 5.67. The quantitative estimate of drug-likeness (QED) is 0.744. The van der Waals surface area contributed by atoms with Gasteiger partial charge in [0.2, 0.25) is 0 Å². The second-order valence-electron chi connectivity index (χ2n) is 3.02. The van der Waals surface area contributed by atoms with E-state index in [2.05, 4.69) is 9.97 Å². The fraction of sp³-hybridized carbons (Fsp3) is 0. The van der Waals surface area contributed by atoms with Gasteiger partial charge in [0.05, 0.1) is 5.69 Å². The zero-order valence-electron chi connectivity index (χ0n) is 7.97. The number of aromatic nitrogens is 2. The number of rotatable bonds is 2. The van der Waals surface area contributed by atoms with Crippen LogP contribution in [0.25, 0.3) is 12.2 Å². The summed E-state index contributed by atoms with van der Waals surface area (Å²) in [6.07, 6.45) is 6.90. The second kappa shape index (κ2) is 4.46. The number of halogens is 1. The van der Waals surface area contributed by atoms with Gasteiger partial charge in [0.25, 0.3) is 0 Å². The number of hydrogen-bond donors (Lipinski definition) is 0. The van der Waals surface area contributed by atoms with E-state index in [0.717, 1.165) is 11.3 Å². The molecule has 0 N–H and O–H groups in total. The van der Waals surface area contributed by atoms with Crippen LogP contribution in [0.15, 0.2) is 42.9 Å². The van der Waals surface area contributed by atoms with Crippen LogP contribution >= 0.6 is 0 Å². The Hall–Kier alpha value is -2.03. The maximum Gasteiger partial charge on any atom is 0.123 e. The predicted octanol–water partition coefficient (Wildman–Crippen LogP) is 2.79. The van der Waals surface area contributed by atoms with Crippen molar-refractivity contribution in [3.63, 3.8) is 0 Å². The highest BCUT2D eigenvalue weighted by Gasteiger charge is 1.89. The van der Waals surface area contributed by atoms with Crippen LogP contribution < -0.4 is 0 Å². The Balaban J connectivity index is 2.15. The molecule has 3 heteroatoms. The van der Waals surface area contributed by atoms with E-state index < -0.39 is 0 Å². The molecule has 0 atom stereocenters. The van der Waals surface area contributed by atoms with Crippen molar-refractivity contribution in [1.29, 1.82) is 0 Å². The minimum absolute atomic E-state index is 0.228. The molecule has 0 aliphatic carbocycles. The van der Waals surface area contributed by atoms with Crippen molar-refractivity contribution in [2.24, 2.45) is 0 Å². The van der Waals surface area contributed by atoms with Crippen LogP contribution in [0.4, 0.5) is 4.39 Å². The third-order valence-corrected chi connectivity index (χ3v) is 1.92. The zero-order chi connectivity index (χ0) is 10.5. The summed E-state index contributed by atoms with van der Waals surface area (Å²) in [6.45, 7) is 0. The van der Waals surface area contributed by atoms with Gasteiger partial charge >= 0.3 is 0 Å². The van der Waals surface area contributed by atoms with E-state index in [9.17, 15) is 4.39 Å². The molecule has 0 spiro atoms. The highest BCUT2D eigenvalue weighted by atomic mass is 19.1. The number of hydrogen-bond acceptors (Lipinski definition) is 2. The molecule has 15 heavy (non-hydrogen) atoms. The molecule has 0 saturated carbocycles. The molecule has 2 aromatic rings. The average molecular weight is 200 g/mol. The van der Waals surface area contributed by atoms with Gasteiger partial charge in [-0.1, -0.05) is 18.2 Å². The van der Waals surface area contributed by atoms with Crippen LogP contribution in [0.3, 0.4) is 0 Å². The summed E-state index contributed by atoms with van der Waals surface area (Å²) in [4.78, 5) is 7.86. The van der Waals surface area contributed by atoms with Gasteiger partial charge in [0, 0.05) is 6.20 Å². The van der Waals surface area contributed by atoms with Crippen molar-refractivity contribution < 1.29 is 4.39 Å². The highest BCUT2D eigenvalue weighted by Crippen LogP contribution is 2.06. The standard InChI is InChI=1S/C12H9FN2/c13-11-4-1-10(2-5-11)3-6-12-7-8-14-9-15-12/h1-9H/b6-3+. The molecule has 0 aliphatic heterocycles. The topological polar surface area (TPSA) is 25.8 Å². The molecule has 74 valence electrons. The molecule has 0 unspecified atom stereocenters. The first-order valence-electron chi connectivity index (χ1n) is 4.54. The smallest absolute Gasteiger partial charge is 0.123 e. The maximum atomic E-state index is 12.6. The minimum Gasteiger partial charge on any atom is -0.245 e. The lowest BCUT2D eigenvalue weighted by atomic mass is 10.2. The SMILES string of the molecule is Fc1ccc(/C=C/c2ccncn2)cc1. The van der Waals surface area contributed by atoms with Gasteiger partial charge < -0.3 is 0 Å². The Morgan fingerprint density at radius 1 is 1.00 bits per heavy atom. The van der Waals surface area contributed by atoms with Crippen LogP contribution in [0.1, 0.15) is 11.3 Å². The van der Waals surface area contributed by atoms with Crippen molar-refractivity contribution in [3.8, 4) is 0 Å². The van der Waals surface area contributed by atoms with Gasteiger partial charge in [-0.15, -0.1) is 0 Å². The van der Waals surface area contributed by atoms with Crippen LogP contribution in [-0.2, 0) is 0 Å². The van der Waals surface area contributed by atoms with E-state index in [1.807, 2.05) is 12.2 Å². The number of nitrogens with zero attached hydrogens (tertiary/aromatic N) is 2. The average Bonchev–Trinajstić information content (AvgIpc) is 2.30. The fourth-order valence-corrected chi connectivity index (χ4v) is 1.16. The molecular weight excluding hydrogens is 191 g/mol. The normalized spacial score (nSPS) is 10.7. The third-order valence-electron chi connectivity index (χ3n) is 1.92. The third kappa shape index (κ3) is 2.71.